The lowest BCUT2D eigenvalue weighted by Gasteiger charge is -2.24. The van der Waals surface area contributed by atoms with Crippen LogP contribution >= 0.6 is 11.6 Å². The van der Waals surface area contributed by atoms with Crippen molar-refractivity contribution in [3.8, 4) is 0 Å². The van der Waals surface area contributed by atoms with Crippen molar-refractivity contribution in [2.45, 2.75) is 12.5 Å². The first-order chi connectivity index (χ1) is 11.1. The van der Waals surface area contributed by atoms with Crippen molar-refractivity contribution >= 4 is 29.1 Å². The SMILES string of the molecule is CN(C(=O)c1ccccn1)[C@@H]1CCN(c2ccccc2Cl)C1=O. The van der Waals surface area contributed by atoms with Gasteiger partial charge in [-0.15, -0.1) is 0 Å². The highest BCUT2D eigenvalue weighted by molar-refractivity contribution is 6.34. The number of likely N-dealkylation sites (N-methyl/N-ethyl adjacent to an activating group) is 1. The first-order valence-electron chi connectivity index (χ1n) is 7.33. The molecule has 1 fully saturated rings. The van der Waals surface area contributed by atoms with Crippen molar-refractivity contribution in [3.05, 3.63) is 59.4 Å². The maximum atomic E-state index is 12.7. The Balaban J connectivity index is 1.79. The summed E-state index contributed by atoms with van der Waals surface area (Å²) in [6.45, 7) is 0.535. The first kappa shape index (κ1) is 15.5. The number of hydrogen-bond acceptors (Lipinski definition) is 3. The van der Waals surface area contributed by atoms with Crippen LogP contribution in [0.4, 0.5) is 5.69 Å². The molecule has 2 amide bonds. The monoisotopic (exact) mass is 329 g/mol. The lowest BCUT2D eigenvalue weighted by atomic mass is 10.2. The van der Waals surface area contributed by atoms with Crippen molar-refractivity contribution < 1.29 is 9.59 Å². The Morgan fingerprint density at radius 1 is 1.26 bits per heavy atom. The number of halogens is 1. The van der Waals surface area contributed by atoms with E-state index in [1.54, 1.807) is 42.4 Å². The average molecular weight is 330 g/mol. The Bertz CT molecular complexity index is 736. The standard InChI is InChI=1S/C17H16ClN3O2/c1-20(16(22)13-7-4-5-10-19-13)15-9-11-21(17(15)23)14-8-3-2-6-12(14)18/h2-8,10,15H,9,11H2,1H3/t15-/m1/s1. The van der Waals surface area contributed by atoms with Crippen molar-refractivity contribution in [2.24, 2.45) is 0 Å². The summed E-state index contributed by atoms with van der Waals surface area (Å²) in [5, 5.41) is 0.528. The number of nitrogens with zero attached hydrogens (tertiary/aromatic N) is 3. The van der Waals surface area contributed by atoms with E-state index in [2.05, 4.69) is 4.98 Å². The van der Waals surface area contributed by atoms with Crippen LogP contribution in [0.1, 0.15) is 16.9 Å². The van der Waals surface area contributed by atoms with Crippen molar-refractivity contribution in [3.63, 3.8) is 0 Å². The van der Waals surface area contributed by atoms with Crippen LogP contribution in [0, 0.1) is 0 Å². The lowest BCUT2D eigenvalue weighted by Crippen LogP contribution is -2.43. The second-order valence-corrected chi connectivity index (χ2v) is 5.78. The van der Waals surface area contributed by atoms with Gasteiger partial charge in [-0.05, 0) is 30.7 Å². The number of carbonyl (C=O) groups excluding carboxylic acids is 2. The second-order valence-electron chi connectivity index (χ2n) is 5.38. The highest BCUT2D eigenvalue weighted by atomic mass is 35.5. The number of anilines is 1. The molecule has 0 radical (unpaired) electrons. The molecule has 2 heterocycles. The van der Waals surface area contributed by atoms with Crippen LogP contribution < -0.4 is 4.90 Å². The van der Waals surface area contributed by atoms with Crippen molar-refractivity contribution in [2.75, 3.05) is 18.5 Å². The normalized spacial score (nSPS) is 17.4. The summed E-state index contributed by atoms with van der Waals surface area (Å²) in [6.07, 6.45) is 2.13. The molecule has 1 saturated heterocycles. The van der Waals surface area contributed by atoms with E-state index in [-0.39, 0.29) is 11.8 Å². The van der Waals surface area contributed by atoms with E-state index < -0.39 is 6.04 Å². The van der Waals surface area contributed by atoms with Gasteiger partial charge in [-0.1, -0.05) is 29.8 Å². The average Bonchev–Trinajstić information content (AvgIpc) is 2.96. The molecule has 3 rings (SSSR count). The molecule has 0 spiro atoms. The number of amides is 2. The van der Waals surface area contributed by atoms with E-state index in [0.29, 0.717) is 29.4 Å². The van der Waals surface area contributed by atoms with Crippen molar-refractivity contribution in [1.29, 1.82) is 0 Å². The molecule has 1 aromatic heterocycles. The van der Waals surface area contributed by atoms with Crippen LogP contribution in [0.15, 0.2) is 48.7 Å². The van der Waals surface area contributed by atoms with Crippen LogP contribution in [-0.4, -0.2) is 41.3 Å². The minimum absolute atomic E-state index is 0.120. The van der Waals surface area contributed by atoms with Crippen LogP contribution in [0.25, 0.3) is 0 Å². The molecule has 1 aliphatic heterocycles. The maximum absolute atomic E-state index is 12.7. The summed E-state index contributed by atoms with van der Waals surface area (Å²) in [6, 6.07) is 11.9. The van der Waals surface area contributed by atoms with E-state index in [1.807, 2.05) is 18.2 Å². The Hall–Kier alpha value is -2.40. The van der Waals surface area contributed by atoms with Crippen LogP contribution in [0.3, 0.4) is 0 Å². The highest BCUT2D eigenvalue weighted by Crippen LogP contribution is 2.30. The number of hydrogen-bond donors (Lipinski definition) is 0. The Morgan fingerprint density at radius 2 is 2.00 bits per heavy atom. The molecule has 1 aliphatic rings. The summed E-state index contributed by atoms with van der Waals surface area (Å²) >= 11 is 6.17. The summed E-state index contributed by atoms with van der Waals surface area (Å²) in [5.41, 5.74) is 1.01. The largest absolute Gasteiger partial charge is 0.328 e. The number of aromatic nitrogens is 1. The van der Waals surface area contributed by atoms with E-state index in [1.165, 1.54) is 4.90 Å². The third-order valence-electron chi connectivity index (χ3n) is 3.99. The maximum Gasteiger partial charge on any atom is 0.272 e. The molecular formula is C17H16ClN3O2. The quantitative estimate of drug-likeness (QED) is 0.869. The molecule has 5 nitrogen and oxygen atoms in total. The molecule has 0 bridgehead atoms. The third kappa shape index (κ3) is 2.92. The van der Waals surface area contributed by atoms with Crippen molar-refractivity contribution in [1.82, 2.24) is 9.88 Å². The van der Waals surface area contributed by atoms with Gasteiger partial charge < -0.3 is 9.80 Å². The van der Waals surface area contributed by atoms with Gasteiger partial charge in [0.1, 0.15) is 11.7 Å². The second kappa shape index (κ2) is 6.38. The minimum atomic E-state index is -0.499. The van der Waals surface area contributed by atoms with E-state index >= 15 is 0 Å². The van der Waals surface area contributed by atoms with Gasteiger partial charge in [-0.3, -0.25) is 14.6 Å². The topological polar surface area (TPSA) is 53.5 Å². The molecule has 0 unspecified atom stereocenters. The van der Waals surface area contributed by atoms with Gasteiger partial charge in [0.05, 0.1) is 10.7 Å². The molecule has 0 aliphatic carbocycles. The molecule has 1 atom stereocenters. The predicted octanol–water partition coefficient (Wildman–Crippen LogP) is 2.61. The molecular weight excluding hydrogens is 314 g/mol. The predicted molar refractivity (Wildman–Crippen MR) is 88.5 cm³/mol. The Labute approximate surface area is 139 Å². The molecule has 2 aromatic rings. The zero-order chi connectivity index (χ0) is 16.4. The Kier molecular flexibility index (Phi) is 4.30. The highest BCUT2D eigenvalue weighted by Gasteiger charge is 2.38. The van der Waals surface area contributed by atoms with Gasteiger partial charge in [0.25, 0.3) is 5.91 Å². The summed E-state index contributed by atoms with van der Waals surface area (Å²) < 4.78 is 0. The molecule has 23 heavy (non-hydrogen) atoms. The number of carbonyl (C=O) groups is 2. The molecule has 118 valence electrons. The first-order valence-corrected chi connectivity index (χ1v) is 7.71. The van der Waals surface area contributed by atoms with Crippen LogP contribution in [0.5, 0.6) is 0 Å². The fraction of sp³-hybridized carbons (Fsp3) is 0.235. The molecule has 1 aromatic carbocycles. The third-order valence-corrected chi connectivity index (χ3v) is 4.31. The van der Waals surface area contributed by atoms with Gasteiger partial charge in [-0.2, -0.15) is 0 Å². The zero-order valence-corrected chi connectivity index (χ0v) is 13.4. The summed E-state index contributed by atoms with van der Waals surface area (Å²) in [7, 11) is 1.63. The fourth-order valence-corrected chi connectivity index (χ4v) is 2.98. The molecule has 0 N–H and O–H groups in total. The van der Waals surface area contributed by atoms with Crippen LogP contribution in [-0.2, 0) is 4.79 Å². The van der Waals surface area contributed by atoms with Gasteiger partial charge in [0.2, 0.25) is 5.91 Å². The van der Waals surface area contributed by atoms with Gasteiger partial charge in [0, 0.05) is 19.8 Å². The van der Waals surface area contributed by atoms with E-state index in [4.69, 9.17) is 11.6 Å². The zero-order valence-electron chi connectivity index (χ0n) is 12.6. The number of pyridine rings is 1. The molecule has 6 heteroatoms. The van der Waals surface area contributed by atoms with Crippen LogP contribution in [0.2, 0.25) is 5.02 Å². The van der Waals surface area contributed by atoms with Gasteiger partial charge in [0.15, 0.2) is 0 Å². The summed E-state index contributed by atoms with van der Waals surface area (Å²) in [5.74, 6) is -0.380. The lowest BCUT2D eigenvalue weighted by molar-refractivity contribution is -0.120. The van der Waals surface area contributed by atoms with Gasteiger partial charge in [-0.25, -0.2) is 0 Å². The summed E-state index contributed by atoms with van der Waals surface area (Å²) in [4.78, 5) is 32.3. The Morgan fingerprint density at radius 3 is 2.70 bits per heavy atom. The van der Waals surface area contributed by atoms with E-state index in [9.17, 15) is 9.59 Å². The smallest absolute Gasteiger partial charge is 0.272 e. The van der Waals surface area contributed by atoms with E-state index in [0.717, 1.165) is 0 Å². The molecule has 0 saturated carbocycles. The fourth-order valence-electron chi connectivity index (χ4n) is 2.75. The number of para-hydroxylation sites is 1. The number of benzene rings is 1. The van der Waals surface area contributed by atoms with Gasteiger partial charge >= 0.3 is 0 Å². The number of rotatable bonds is 3. The minimum Gasteiger partial charge on any atom is -0.328 e.